The van der Waals surface area contributed by atoms with Crippen molar-refractivity contribution in [2.45, 2.75) is 39.8 Å². The summed E-state index contributed by atoms with van der Waals surface area (Å²) < 4.78 is 2.03. The summed E-state index contributed by atoms with van der Waals surface area (Å²) in [6.07, 6.45) is 0.838. The van der Waals surface area contributed by atoms with Gasteiger partial charge in [-0.3, -0.25) is 4.79 Å². The van der Waals surface area contributed by atoms with Crippen LogP contribution in [0.25, 0.3) is 21.7 Å². The van der Waals surface area contributed by atoms with Crippen LogP contribution in [0.5, 0.6) is 0 Å². The first kappa shape index (κ1) is 18.1. The fraction of sp³-hybridized carbons (Fsp3) is 0.450. The van der Waals surface area contributed by atoms with Crippen LogP contribution in [0.15, 0.2) is 29.8 Å². The monoisotopic (exact) mass is 383 g/mol. The van der Waals surface area contributed by atoms with Gasteiger partial charge < -0.3 is 15.2 Å². The van der Waals surface area contributed by atoms with Crippen LogP contribution in [0.1, 0.15) is 26.0 Å². The van der Waals surface area contributed by atoms with Crippen molar-refractivity contribution in [3.63, 3.8) is 0 Å². The van der Waals surface area contributed by atoms with E-state index in [4.69, 9.17) is 10.7 Å². The molecule has 6 nitrogen and oxygen atoms in total. The average Bonchev–Trinajstić information content (AvgIpc) is 3.21. The van der Waals surface area contributed by atoms with Crippen molar-refractivity contribution in [3.05, 3.63) is 35.5 Å². The third-order valence-corrected chi connectivity index (χ3v) is 6.49. The smallest absolute Gasteiger partial charge is 0.242 e. The standard InChI is InChI=1S/C20H25N5OS/c1-13-18(27-12-22-13)19-23-14-6-4-5-7-15(14)25(19)10-17(26)24-9-8-16(21)20(2,3)11-24/h4-7,12,16H,8-11,21H2,1-3H3. The molecule has 1 atom stereocenters. The number of carbonyl (C=O) groups excluding carboxylic acids is 1. The van der Waals surface area contributed by atoms with E-state index in [0.29, 0.717) is 13.1 Å². The lowest BCUT2D eigenvalue weighted by Gasteiger charge is -2.42. The van der Waals surface area contributed by atoms with E-state index in [1.165, 1.54) is 0 Å². The molecule has 7 heteroatoms. The second-order valence-electron chi connectivity index (χ2n) is 7.98. The molecule has 0 aliphatic carbocycles. The summed E-state index contributed by atoms with van der Waals surface area (Å²) in [4.78, 5) is 25.2. The molecular weight excluding hydrogens is 358 g/mol. The number of rotatable bonds is 3. The number of para-hydroxylation sites is 2. The van der Waals surface area contributed by atoms with Gasteiger partial charge in [-0.1, -0.05) is 26.0 Å². The number of hydrogen-bond donors (Lipinski definition) is 1. The minimum absolute atomic E-state index is 0.0675. The highest BCUT2D eigenvalue weighted by Crippen LogP contribution is 2.31. The van der Waals surface area contributed by atoms with E-state index in [1.807, 2.05) is 46.2 Å². The lowest BCUT2D eigenvalue weighted by Crippen LogP contribution is -2.54. The maximum Gasteiger partial charge on any atom is 0.242 e. The summed E-state index contributed by atoms with van der Waals surface area (Å²) in [5.41, 5.74) is 10.8. The van der Waals surface area contributed by atoms with E-state index in [0.717, 1.165) is 33.8 Å². The Balaban J connectivity index is 1.69. The molecule has 0 radical (unpaired) electrons. The largest absolute Gasteiger partial charge is 0.340 e. The minimum atomic E-state index is -0.0675. The molecule has 4 rings (SSSR count). The molecule has 1 unspecified atom stereocenters. The average molecular weight is 384 g/mol. The highest BCUT2D eigenvalue weighted by Gasteiger charge is 2.35. The Morgan fingerprint density at radius 3 is 2.85 bits per heavy atom. The molecule has 142 valence electrons. The number of thiazole rings is 1. The molecule has 1 fully saturated rings. The number of likely N-dealkylation sites (tertiary alicyclic amines) is 1. The number of benzene rings is 1. The predicted molar refractivity (Wildman–Crippen MR) is 109 cm³/mol. The molecule has 1 aliphatic rings. The lowest BCUT2D eigenvalue weighted by atomic mass is 9.79. The summed E-state index contributed by atoms with van der Waals surface area (Å²) >= 11 is 1.56. The summed E-state index contributed by atoms with van der Waals surface area (Å²) in [7, 11) is 0. The number of piperidine rings is 1. The molecule has 0 bridgehead atoms. The van der Waals surface area contributed by atoms with Crippen LogP contribution in [0.4, 0.5) is 0 Å². The molecular formula is C20H25N5OS. The van der Waals surface area contributed by atoms with Gasteiger partial charge in [-0.05, 0) is 30.9 Å². The van der Waals surface area contributed by atoms with E-state index >= 15 is 0 Å². The van der Waals surface area contributed by atoms with Gasteiger partial charge in [0.1, 0.15) is 6.54 Å². The number of nitrogens with two attached hydrogens (primary N) is 1. The molecule has 0 saturated carbocycles. The Kier molecular flexibility index (Phi) is 4.52. The normalized spacial score (nSPS) is 19.6. The molecule has 1 amide bonds. The van der Waals surface area contributed by atoms with Gasteiger partial charge in [0.05, 0.1) is 27.1 Å². The van der Waals surface area contributed by atoms with E-state index in [1.54, 1.807) is 11.3 Å². The van der Waals surface area contributed by atoms with Gasteiger partial charge in [-0.15, -0.1) is 11.3 Å². The van der Waals surface area contributed by atoms with Crippen molar-refractivity contribution in [3.8, 4) is 10.7 Å². The van der Waals surface area contributed by atoms with Crippen LogP contribution in [0.3, 0.4) is 0 Å². The number of amides is 1. The van der Waals surface area contributed by atoms with Gasteiger partial charge in [0.25, 0.3) is 0 Å². The van der Waals surface area contributed by atoms with Crippen LogP contribution in [-0.4, -0.2) is 44.5 Å². The fourth-order valence-electron chi connectivity index (χ4n) is 3.75. The van der Waals surface area contributed by atoms with Crippen LogP contribution < -0.4 is 5.73 Å². The molecule has 1 saturated heterocycles. The predicted octanol–water partition coefficient (Wildman–Crippen LogP) is 3.05. The SMILES string of the molecule is Cc1ncsc1-c1nc2ccccc2n1CC(=O)N1CCC(N)C(C)(C)C1. The second-order valence-corrected chi connectivity index (χ2v) is 8.83. The maximum absolute atomic E-state index is 13.1. The first-order chi connectivity index (χ1) is 12.9. The van der Waals surface area contributed by atoms with Crippen LogP contribution in [0.2, 0.25) is 0 Å². The summed E-state index contributed by atoms with van der Waals surface area (Å²) in [5.74, 6) is 0.930. The molecule has 1 aromatic carbocycles. The van der Waals surface area contributed by atoms with Gasteiger partial charge in [0, 0.05) is 19.1 Å². The highest BCUT2D eigenvalue weighted by atomic mass is 32.1. The minimum Gasteiger partial charge on any atom is -0.340 e. The number of nitrogens with zero attached hydrogens (tertiary/aromatic N) is 4. The van der Waals surface area contributed by atoms with E-state index in [2.05, 4.69) is 18.8 Å². The zero-order valence-corrected chi connectivity index (χ0v) is 16.8. The number of fused-ring (bicyclic) bond motifs is 1. The molecule has 27 heavy (non-hydrogen) atoms. The Morgan fingerprint density at radius 2 is 2.15 bits per heavy atom. The van der Waals surface area contributed by atoms with Gasteiger partial charge >= 0.3 is 0 Å². The molecule has 3 heterocycles. The summed E-state index contributed by atoms with van der Waals surface area (Å²) in [6.45, 7) is 7.93. The Hall–Kier alpha value is -2.25. The second kappa shape index (κ2) is 6.73. The van der Waals surface area contributed by atoms with Crippen LogP contribution in [0, 0.1) is 12.3 Å². The van der Waals surface area contributed by atoms with Gasteiger partial charge in [-0.2, -0.15) is 0 Å². The van der Waals surface area contributed by atoms with Crippen molar-refractivity contribution in [2.24, 2.45) is 11.1 Å². The van der Waals surface area contributed by atoms with E-state index < -0.39 is 0 Å². The third-order valence-electron chi connectivity index (χ3n) is 5.56. The van der Waals surface area contributed by atoms with Gasteiger partial charge in [0.2, 0.25) is 5.91 Å². The zero-order chi connectivity index (χ0) is 19.2. The van der Waals surface area contributed by atoms with E-state index in [9.17, 15) is 4.79 Å². The quantitative estimate of drug-likeness (QED) is 0.754. The lowest BCUT2D eigenvalue weighted by molar-refractivity contribution is -0.135. The summed E-state index contributed by atoms with van der Waals surface area (Å²) in [6, 6.07) is 8.09. The zero-order valence-electron chi connectivity index (χ0n) is 16.0. The van der Waals surface area contributed by atoms with Crippen molar-refractivity contribution in [1.82, 2.24) is 19.4 Å². The maximum atomic E-state index is 13.1. The highest BCUT2D eigenvalue weighted by molar-refractivity contribution is 7.13. The Labute approximate surface area is 163 Å². The summed E-state index contributed by atoms with van der Waals surface area (Å²) in [5, 5.41) is 0. The number of carbonyl (C=O) groups is 1. The van der Waals surface area contributed by atoms with Crippen LogP contribution in [-0.2, 0) is 11.3 Å². The van der Waals surface area contributed by atoms with Crippen molar-refractivity contribution in [2.75, 3.05) is 13.1 Å². The van der Waals surface area contributed by atoms with Crippen molar-refractivity contribution < 1.29 is 4.79 Å². The van der Waals surface area contributed by atoms with Gasteiger partial charge in [0.15, 0.2) is 5.82 Å². The number of aromatic nitrogens is 3. The van der Waals surface area contributed by atoms with E-state index in [-0.39, 0.29) is 23.9 Å². The number of aryl methyl sites for hydroxylation is 1. The molecule has 0 spiro atoms. The van der Waals surface area contributed by atoms with Crippen LogP contribution >= 0.6 is 11.3 Å². The molecule has 2 aromatic heterocycles. The topological polar surface area (TPSA) is 77.0 Å². The molecule has 2 N–H and O–H groups in total. The molecule has 3 aromatic rings. The fourth-order valence-corrected chi connectivity index (χ4v) is 4.55. The first-order valence-corrected chi connectivity index (χ1v) is 10.1. The van der Waals surface area contributed by atoms with Gasteiger partial charge in [-0.25, -0.2) is 9.97 Å². The Morgan fingerprint density at radius 1 is 1.37 bits per heavy atom. The molecule has 1 aliphatic heterocycles. The first-order valence-electron chi connectivity index (χ1n) is 9.26. The number of imidazole rings is 1. The Bertz CT molecular complexity index is 989. The third kappa shape index (κ3) is 3.26. The number of hydrogen-bond acceptors (Lipinski definition) is 5. The van der Waals surface area contributed by atoms with Crippen molar-refractivity contribution in [1.29, 1.82) is 0 Å². The van der Waals surface area contributed by atoms with Crippen molar-refractivity contribution >= 4 is 28.3 Å².